The van der Waals surface area contributed by atoms with Crippen molar-refractivity contribution in [2.24, 2.45) is 0 Å². The molecule has 0 radical (unpaired) electrons. The number of rotatable bonds is 3. The van der Waals surface area contributed by atoms with Gasteiger partial charge in [-0.2, -0.15) is 0 Å². The fourth-order valence-electron chi connectivity index (χ4n) is 1.30. The van der Waals surface area contributed by atoms with E-state index in [0.29, 0.717) is 5.69 Å². The minimum absolute atomic E-state index is 0.0217. The molecule has 1 aliphatic heterocycles. The van der Waals surface area contributed by atoms with E-state index in [1.54, 1.807) is 6.07 Å². The van der Waals surface area contributed by atoms with E-state index in [1.165, 1.54) is 6.07 Å². The maximum atomic E-state index is 11.1. The van der Waals surface area contributed by atoms with Crippen molar-refractivity contribution in [1.82, 2.24) is 0 Å². The van der Waals surface area contributed by atoms with Gasteiger partial charge in [-0.05, 0) is 12.1 Å². The Morgan fingerprint density at radius 1 is 1.31 bits per heavy atom. The number of nitrogens with two attached hydrogens (primary N) is 1. The third-order valence-electron chi connectivity index (χ3n) is 1.94. The molecule has 1 aromatic rings. The van der Waals surface area contributed by atoms with Crippen LogP contribution >= 0.6 is 0 Å². The summed E-state index contributed by atoms with van der Waals surface area (Å²) in [6.45, 7) is 0.173. The fourth-order valence-corrected chi connectivity index (χ4v) is 2.08. The van der Waals surface area contributed by atoms with Crippen LogP contribution in [0.4, 0.5) is 11.4 Å². The molecule has 0 aliphatic carbocycles. The van der Waals surface area contributed by atoms with Gasteiger partial charge in [0.25, 0.3) is 0 Å². The molecule has 0 unspecified atom stereocenters. The van der Waals surface area contributed by atoms with E-state index in [2.05, 4.69) is 13.7 Å². The molecule has 0 aromatic heterocycles. The van der Waals surface area contributed by atoms with Gasteiger partial charge in [0.2, 0.25) is 11.5 Å². The molecule has 1 aliphatic rings. The third kappa shape index (κ3) is 1.84. The zero-order valence-corrected chi connectivity index (χ0v) is 8.95. The fraction of sp³-hybridized carbons (Fsp3) is 0.250. The highest BCUT2D eigenvalue weighted by Crippen LogP contribution is 2.45. The number of hydrogen-bond donors (Lipinski definition) is 3. The number of nitrogen functional groups attached to an aromatic ring is 1. The van der Waals surface area contributed by atoms with E-state index >= 15 is 0 Å². The van der Waals surface area contributed by atoms with Gasteiger partial charge in [0.1, 0.15) is 0 Å². The van der Waals surface area contributed by atoms with Gasteiger partial charge in [-0.1, -0.05) is 0 Å². The first-order valence-electron chi connectivity index (χ1n) is 4.44. The Labute approximate surface area is 92.1 Å². The predicted octanol–water partition coefficient (Wildman–Crippen LogP) is -0.311. The number of anilines is 2. The van der Waals surface area contributed by atoms with Crippen LogP contribution in [0.5, 0.6) is 11.5 Å². The molecule has 1 aromatic carbocycles. The summed E-state index contributed by atoms with van der Waals surface area (Å²) < 4.78 is 31.4. The van der Waals surface area contributed by atoms with Crippen LogP contribution in [-0.2, 0) is 10.4 Å². The summed E-state index contributed by atoms with van der Waals surface area (Å²) in [5.74, 6) is -0.00334. The Hall–Kier alpha value is -1.67. The summed E-state index contributed by atoms with van der Waals surface area (Å²) in [5.41, 5.74) is 6.12. The summed E-state index contributed by atoms with van der Waals surface area (Å²) in [6.07, 6.45) is 0. The lowest BCUT2D eigenvalue weighted by molar-refractivity contribution is 0.311. The molecule has 0 fully saturated rings. The number of hydrogen-bond acceptors (Lipinski definition) is 7. The SMILES string of the molecule is Nc1ccc(NCCO)c2c1OS(=O)(=O)O2. The summed E-state index contributed by atoms with van der Waals surface area (Å²) in [5, 5.41) is 11.4. The molecular formula is C8H10N2O5S. The van der Waals surface area contributed by atoms with Crippen molar-refractivity contribution in [2.45, 2.75) is 0 Å². The molecule has 0 saturated carbocycles. The van der Waals surface area contributed by atoms with Crippen molar-refractivity contribution in [1.29, 1.82) is 0 Å². The molecule has 0 spiro atoms. The van der Waals surface area contributed by atoms with Gasteiger partial charge in [-0.25, -0.2) is 0 Å². The van der Waals surface area contributed by atoms with E-state index in [9.17, 15) is 8.42 Å². The molecular weight excluding hydrogens is 236 g/mol. The van der Waals surface area contributed by atoms with Gasteiger partial charge in [-0.15, -0.1) is 8.42 Å². The Morgan fingerprint density at radius 2 is 2.00 bits per heavy atom. The molecule has 8 heteroatoms. The van der Waals surface area contributed by atoms with E-state index in [1.807, 2.05) is 0 Å². The highest BCUT2D eigenvalue weighted by atomic mass is 32.3. The first-order valence-corrected chi connectivity index (χ1v) is 5.78. The Morgan fingerprint density at radius 3 is 2.69 bits per heavy atom. The molecule has 0 atom stereocenters. The summed E-state index contributed by atoms with van der Waals surface area (Å²) in [4.78, 5) is 0. The van der Waals surface area contributed by atoms with Crippen LogP contribution < -0.4 is 19.4 Å². The molecule has 0 saturated heterocycles. The van der Waals surface area contributed by atoms with Crippen molar-refractivity contribution in [2.75, 3.05) is 24.2 Å². The van der Waals surface area contributed by atoms with Crippen LogP contribution in [0, 0.1) is 0 Å². The molecule has 2 rings (SSSR count). The second kappa shape index (κ2) is 3.72. The van der Waals surface area contributed by atoms with Gasteiger partial charge in [-0.3, -0.25) is 0 Å². The first-order chi connectivity index (χ1) is 7.53. The molecule has 0 bridgehead atoms. The van der Waals surface area contributed by atoms with Gasteiger partial charge >= 0.3 is 10.4 Å². The summed E-state index contributed by atoms with van der Waals surface area (Å²) >= 11 is 0. The maximum Gasteiger partial charge on any atom is 0.501 e. The smallest absolute Gasteiger partial charge is 0.396 e. The lowest BCUT2D eigenvalue weighted by Gasteiger charge is -2.07. The number of aliphatic hydroxyl groups is 1. The normalized spacial score (nSPS) is 16.1. The van der Waals surface area contributed by atoms with Gasteiger partial charge in [0.15, 0.2) is 0 Å². The van der Waals surface area contributed by atoms with Gasteiger partial charge in [0.05, 0.1) is 18.0 Å². The minimum Gasteiger partial charge on any atom is -0.396 e. The molecule has 0 amide bonds. The largest absolute Gasteiger partial charge is 0.501 e. The van der Waals surface area contributed by atoms with Crippen molar-refractivity contribution in [3.05, 3.63) is 12.1 Å². The van der Waals surface area contributed by atoms with Crippen LogP contribution in [-0.4, -0.2) is 26.7 Å². The van der Waals surface area contributed by atoms with Crippen molar-refractivity contribution in [3.63, 3.8) is 0 Å². The average molecular weight is 246 g/mol. The second-order valence-corrected chi connectivity index (χ2v) is 4.24. The topological polar surface area (TPSA) is 111 Å². The van der Waals surface area contributed by atoms with Crippen LogP contribution in [0.2, 0.25) is 0 Å². The summed E-state index contributed by atoms with van der Waals surface area (Å²) in [6, 6.07) is 3.04. The second-order valence-electron chi connectivity index (χ2n) is 3.09. The summed E-state index contributed by atoms with van der Waals surface area (Å²) in [7, 11) is -4.06. The highest BCUT2D eigenvalue weighted by Gasteiger charge is 2.32. The Kier molecular flexibility index (Phi) is 2.52. The number of nitrogens with one attached hydrogen (secondary N) is 1. The van der Waals surface area contributed by atoms with E-state index < -0.39 is 10.4 Å². The highest BCUT2D eigenvalue weighted by molar-refractivity contribution is 7.82. The standard InChI is InChI=1S/C8H10N2O5S/c9-5-1-2-6(10-3-4-11)8-7(5)14-16(12,13)15-8/h1-2,10-11H,3-4,9H2. The lowest BCUT2D eigenvalue weighted by atomic mass is 10.2. The Bertz CT molecular complexity index is 513. The van der Waals surface area contributed by atoms with Crippen LogP contribution in [0.1, 0.15) is 0 Å². The molecule has 4 N–H and O–H groups in total. The van der Waals surface area contributed by atoms with Crippen LogP contribution in [0.3, 0.4) is 0 Å². The zero-order valence-electron chi connectivity index (χ0n) is 8.13. The third-order valence-corrected chi connectivity index (χ3v) is 2.68. The average Bonchev–Trinajstić information content (AvgIpc) is 2.54. The molecule has 16 heavy (non-hydrogen) atoms. The van der Waals surface area contributed by atoms with Crippen LogP contribution in [0.15, 0.2) is 12.1 Å². The maximum absolute atomic E-state index is 11.1. The van der Waals surface area contributed by atoms with Gasteiger partial charge < -0.3 is 24.5 Å². The van der Waals surface area contributed by atoms with E-state index in [4.69, 9.17) is 10.8 Å². The van der Waals surface area contributed by atoms with Crippen molar-refractivity contribution < 1.29 is 21.9 Å². The molecule has 1 heterocycles. The van der Waals surface area contributed by atoms with Crippen molar-refractivity contribution >= 4 is 21.8 Å². The lowest BCUT2D eigenvalue weighted by Crippen LogP contribution is -2.09. The zero-order chi connectivity index (χ0) is 11.8. The van der Waals surface area contributed by atoms with Gasteiger partial charge in [0, 0.05) is 6.54 Å². The monoisotopic (exact) mass is 246 g/mol. The quantitative estimate of drug-likeness (QED) is 0.627. The molecule has 7 nitrogen and oxygen atoms in total. The van der Waals surface area contributed by atoms with Crippen molar-refractivity contribution in [3.8, 4) is 11.5 Å². The Balaban J connectivity index is 2.42. The first kappa shape index (κ1) is 10.8. The van der Waals surface area contributed by atoms with E-state index in [-0.39, 0.29) is 30.3 Å². The predicted molar refractivity (Wildman–Crippen MR) is 56.6 cm³/mol. The van der Waals surface area contributed by atoms with E-state index in [0.717, 1.165) is 0 Å². The molecule has 88 valence electrons. The number of aliphatic hydroxyl groups excluding tert-OH is 1. The van der Waals surface area contributed by atoms with Crippen LogP contribution in [0.25, 0.3) is 0 Å². The number of benzene rings is 1. The number of fused-ring (bicyclic) bond motifs is 1. The minimum atomic E-state index is -4.06.